The van der Waals surface area contributed by atoms with Crippen molar-refractivity contribution in [1.29, 1.82) is 0 Å². The lowest BCUT2D eigenvalue weighted by Crippen LogP contribution is -2.31. The number of carbonyl (C=O) groups is 1. The Morgan fingerprint density at radius 3 is 2.07 bits per heavy atom. The summed E-state index contributed by atoms with van der Waals surface area (Å²) in [5, 5.41) is 0. The smallest absolute Gasteiger partial charge is 0.259 e. The minimum atomic E-state index is -0.0548. The molecule has 0 aliphatic heterocycles. The Kier molecular flexibility index (Phi) is 6.02. The van der Waals surface area contributed by atoms with Gasteiger partial charge in [-0.25, -0.2) is 4.98 Å². The number of hydrogen-bond donors (Lipinski definition) is 0. The highest BCUT2D eigenvalue weighted by Crippen LogP contribution is 2.24. The minimum Gasteiger partial charge on any atom is -0.378 e. The van der Waals surface area contributed by atoms with Gasteiger partial charge in [0.25, 0.3) is 5.91 Å². The maximum Gasteiger partial charge on any atom is 0.259 e. The van der Waals surface area contributed by atoms with Gasteiger partial charge in [-0.1, -0.05) is 51.1 Å². The number of benzene rings is 2. The molecule has 1 amide bonds. The van der Waals surface area contributed by atoms with Gasteiger partial charge in [-0.3, -0.25) is 9.69 Å². The van der Waals surface area contributed by atoms with E-state index in [1.54, 1.807) is 11.1 Å². The fourth-order valence-electron chi connectivity index (χ4n) is 3.12. The van der Waals surface area contributed by atoms with Crippen molar-refractivity contribution in [2.45, 2.75) is 32.7 Å². The van der Waals surface area contributed by atoms with E-state index in [2.05, 4.69) is 54.9 Å². The van der Waals surface area contributed by atoms with E-state index in [-0.39, 0.29) is 11.3 Å². The molecule has 0 fully saturated rings. The van der Waals surface area contributed by atoms with Crippen molar-refractivity contribution >= 4 is 17.4 Å². The Bertz CT molecular complexity index is 940. The molecule has 1 heterocycles. The predicted molar refractivity (Wildman–Crippen MR) is 121 cm³/mol. The molecule has 0 saturated carbocycles. The Hall–Kier alpha value is -3.14. The van der Waals surface area contributed by atoms with Gasteiger partial charge in [-0.15, -0.1) is 0 Å². The van der Waals surface area contributed by atoms with Crippen LogP contribution in [0.4, 0.5) is 11.5 Å². The summed E-state index contributed by atoms with van der Waals surface area (Å²) in [5.74, 6) is 0.593. The number of hydrogen-bond acceptors (Lipinski definition) is 3. The number of amides is 1. The second-order valence-corrected chi connectivity index (χ2v) is 8.47. The third-order valence-electron chi connectivity index (χ3n) is 4.96. The van der Waals surface area contributed by atoms with E-state index < -0.39 is 0 Å². The van der Waals surface area contributed by atoms with Crippen molar-refractivity contribution in [3.8, 4) is 0 Å². The first kappa shape index (κ1) is 20.6. The Labute approximate surface area is 173 Å². The van der Waals surface area contributed by atoms with E-state index in [0.717, 1.165) is 11.3 Å². The Balaban J connectivity index is 1.90. The lowest BCUT2D eigenvalue weighted by molar-refractivity contribution is 0.0984. The largest absolute Gasteiger partial charge is 0.378 e. The zero-order valence-corrected chi connectivity index (χ0v) is 17.9. The lowest BCUT2D eigenvalue weighted by atomic mass is 9.86. The third-order valence-corrected chi connectivity index (χ3v) is 4.96. The Morgan fingerprint density at radius 2 is 1.55 bits per heavy atom. The second kappa shape index (κ2) is 8.48. The number of nitrogens with zero attached hydrogens (tertiary/aromatic N) is 3. The summed E-state index contributed by atoms with van der Waals surface area (Å²) in [6, 6.07) is 21.8. The van der Waals surface area contributed by atoms with E-state index >= 15 is 0 Å². The molecule has 0 aliphatic rings. The predicted octanol–water partition coefficient (Wildman–Crippen LogP) is 5.29. The number of pyridine rings is 1. The van der Waals surface area contributed by atoms with Gasteiger partial charge in [0.2, 0.25) is 0 Å². The van der Waals surface area contributed by atoms with Gasteiger partial charge in [-0.05, 0) is 52.9 Å². The van der Waals surface area contributed by atoms with Crippen LogP contribution in [0.15, 0.2) is 72.9 Å². The van der Waals surface area contributed by atoms with Crippen LogP contribution in [0.3, 0.4) is 0 Å². The van der Waals surface area contributed by atoms with Gasteiger partial charge in [0, 0.05) is 31.5 Å². The Morgan fingerprint density at radius 1 is 0.897 bits per heavy atom. The molecule has 2 aromatic carbocycles. The summed E-state index contributed by atoms with van der Waals surface area (Å²) in [4.78, 5) is 21.6. The van der Waals surface area contributed by atoms with Crippen molar-refractivity contribution in [3.63, 3.8) is 0 Å². The van der Waals surface area contributed by atoms with Crippen molar-refractivity contribution in [3.05, 3.63) is 89.6 Å². The maximum atomic E-state index is 13.4. The fraction of sp³-hybridized carbons (Fsp3) is 0.280. The van der Waals surface area contributed by atoms with Gasteiger partial charge in [0.1, 0.15) is 5.82 Å². The quantitative estimate of drug-likeness (QED) is 0.597. The summed E-state index contributed by atoms with van der Waals surface area (Å²) in [5.41, 5.74) is 4.10. The number of anilines is 2. The zero-order valence-electron chi connectivity index (χ0n) is 17.9. The maximum absolute atomic E-state index is 13.4. The molecule has 3 rings (SSSR count). The second-order valence-electron chi connectivity index (χ2n) is 8.47. The summed E-state index contributed by atoms with van der Waals surface area (Å²) >= 11 is 0. The number of carbonyl (C=O) groups excluding carboxylic acids is 1. The van der Waals surface area contributed by atoms with Crippen molar-refractivity contribution in [2.75, 3.05) is 23.9 Å². The normalized spacial score (nSPS) is 11.2. The zero-order chi connectivity index (χ0) is 21.0. The van der Waals surface area contributed by atoms with Gasteiger partial charge in [-0.2, -0.15) is 0 Å². The highest BCUT2D eigenvalue weighted by molar-refractivity contribution is 6.05. The van der Waals surface area contributed by atoms with Crippen LogP contribution >= 0.6 is 0 Å². The third kappa shape index (κ3) is 5.02. The van der Waals surface area contributed by atoms with Crippen LogP contribution in [-0.4, -0.2) is 25.0 Å². The molecule has 4 heteroatoms. The van der Waals surface area contributed by atoms with Crippen LogP contribution in [-0.2, 0) is 12.0 Å². The molecule has 1 aromatic heterocycles. The summed E-state index contributed by atoms with van der Waals surface area (Å²) in [7, 11) is 4.03. The number of aromatic nitrogens is 1. The van der Waals surface area contributed by atoms with Crippen LogP contribution in [0.1, 0.15) is 42.3 Å². The molecule has 150 valence electrons. The molecule has 0 spiro atoms. The highest BCUT2D eigenvalue weighted by Gasteiger charge is 2.20. The van der Waals surface area contributed by atoms with Crippen LogP contribution in [0.5, 0.6) is 0 Å². The molecule has 0 bridgehead atoms. The minimum absolute atomic E-state index is 0.0520. The standard InChI is InChI=1S/C25H29N3O/c1-25(2,3)21-13-11-20(12-14-21)24(29)28(23-8-6-7-17-26-23)18-19-9-15-22(16-10-19)27(4)5/h6-17H,18H2,1-5H3. The van der Waals surface area contributed by atoms with Crippen LogP contribution in [0.2, 0.25) is 0 Å². The van der Waals surface area contributed by atoms with Crippen molar-refractivity contribution in [1.82, 2.24) is 4.98 Å². The van der Waals surface area contributed by atoms with Gasteiger partial charge in [0.15, 0.2) is 0 Å². The molecule has 0 N–H and O–H groups in total. The van der Waals surface area contributed by atoms with Crippen LogP contribution in [0.25, 0.3) is 0 Å². The monoisotopic (exact) mass is 387 g/mol. The summed E-state index contributed by atoms with van der Waals surface area (Å²) in [6.07, 6.45) is 1.72. The molecule has 0 saturated heterocycles. The molecular formula is C25H29N3O. The van der Waals surface area contributed by atoms with Gasteiger partial charge >= 0.3 is 0 Å². The first-order chi connectivity index (χ1) is 13.8. The van der Waals surface area contributed by atoms with Crippen molar-refractivity contribution in [2.24, 2.45) is 0 Å². The van der Waals surface area contributed by atoms with Gasteiger partial charge < -0.3 is 4.90 Å². The van der Waals surface area contributed by atoms with E-state index in [1.807, 2.05) is 56.6 Å². The van der Waals surface area contributed by atoms with Gasteiger partial charge in [0.05, 0.1) is 6.54 Å². The number of rotatable bonds is 5. The summed E-state index contributed by atoms with van der Waals surface area (Å²) < 4.78 is 0. The SMILES string of the molecule is CN(C)c1ccc(CN(C(=O)c2ccc(C(C)(C)C)cc2)c2ccccn2)cc1. The van der Waals surface area contributed by atoms with Crippen molar-refractivity contribution < 1.29 is 4.79 Å². The first-order valence-electron chi connectivity index (χ1n) is 9.85. The first-order valence-corrected chi connectivity index (χ1v) is 9.85. The highest BCUT2D eigenvalue weighted by atomic mass is 16.2. The molecule has 3 aromatic rings. The topological polar surface area (TPSA) is 36.4 Å². The molecular weight excluding hydrogens is 358 g/mol. The fourth-order valence-corrected chi connectivity index (χ4v) is 3.12. The molecule has 0 atom stereocenters. The van der Waals surface area contributed by atoms with Crippen LogP contribution in [0, 0.1) is 0 Å². The van der Waals surface area contributed by atoms with Crippen LogP contribution < -0.4 is 9.80 Å². The van der Waals surface area contributed by atoms with E-state index in [4.69, 9.17) is 0 Å². The molecule has 0 unspecified atom stereocenters. The van der Waals surface area contributed by atoms with E-state index in [0.29, 0.717) is 17.9 Å². The molecule has 4 nitrogen and oxygen atoms in total. The molecule has 29 heavy (non-hydrogen) atoms. The van der Waals surface area contributed by atoms with E-state index in [9.17, 15) is 4.79 Å². The average Bonchev–Trinajstić information content (AvgIpc) is 2.72. The lowest BCUT2D eigenvalue weighted by Gasteiger charge is -2.23. The summed E-state index contributed by atoms with van der Waals surface area (Å²) in [6.45, 7) is 6.97. The molecule has 0 aliphatic carbocycles. The van der Waals surface area contributed by atoms with E-state index in [1.165, 1.54) is 5.56 Å². The molecule has 0 radical (unpaired) electrons. The average molecular weight is 388 g/mol.